The van der Waals surface area contributed by atoms with Crippen molar-refractivity contribution in [3.8, 4) is 17.2 Å². The topological polar surface area (TPSA) is 74.1 Å². The summed E-state index contributed by atoms with van der Waals surface area (Å²) in [7, 11) is 6.55. The number of ether oxygens (including phenoxy) is 3. The number of aryl methyl sites for hydroxylation is 1. The number of methoxy groups -OCH3 is 3. The molecule has 1 amide bonds. The van der Waals surface area contributed by atoms with Gasteiger partial charge in [0.1, 0.15) is 5.75 Å². The minimum absolute atomic E-state index is 0.289. The Hall–Kier alpha value is -3.48. The second kappa shape index (κ2) is 7.82. The number of amides is 1. The molecule has 7 nitrogen and oxygen atoms in total. The molecular formula is C20H21N3O4. The molecule has 27 heavy (non-hydrogen) atoms. The first kappa shape index (κ1) is 18.3. The molecule has 0 bridgehead atoms. The van der Waals surface area contributed by atoms with Gasteiger partial charge < -0.3 is 18.8 Å². The molecule has 0 radical (unpaired) electrons. The lowest BCUT2D eigenvalue weighted by atomic mass is 10.2. The zero-order chi connectivity index (χ0) is 19.4. The number of rotatable bonds is 6. The van der Waals surface area contributed by atoms with Gasteiger partial charge in [-0.05, 0) is 12.1 Å². The number of hydrogen-bond acceptors (Lipinski definition) is 5. The van der Waals surface area contributed by atoms with Crippen molar-refractivity contribution in [1.29, 1.82) is 0 Å². The number of benzene rings is 2. The summed E-state index contributed by atoms with van der Waals surface area (Å²) < 4.78 is 17.8. The van der Waals surface area contributed by atoms with Crippen LogP contribution in [0.5, 0.6) is 17.2 Å². The van der Waals surface area contributed by atoms with E-state index in [1.165, 1.54) is 6.21 Å². The van der Waals surface area contributed by atoms with Crippen LogP contribution in [-0.4, -0.2) is 38.0 Å². The maximum absolute atomic E-state index is 12.5. The van der Waals surface area contributed by atoms with Crippen molar-refractivity contribution in [3.05, 3.63) is 53.7 Å². The SMILES string of the molecule is COc1cc(OC)c(OC)cc1C=NNC(=O)c1cn(C)c2ccccc12. The molecular weight excluding hydrogens is 346 g/mol. The number of fused-ring (bicyclic) bond motifs is 1. The van der Waals surface area contributed by atoms with Gasteiger partial charge in [0, 0.05) is 35.8 Å². The molecule has 0 aliphatic carbocycles. The number of nitrogens with zero attached hydrogens (tertiary/aromatic N) is 2. The van der Waals surface area contributed by atoms with E-state index in [4.69, 9.17) is 14.2 Å². The van der Waals surface area contributed by atoms with E-state index in [0.717, 1.165) is 10.9 Å². The maximum Gasteiger partial charge on any atom is 0.273 e. The number of aromatic nitrogens is 1. The molecule has 1 aromatic heterocycles. The smallest absolute Gasteiger partial charge is 0.273 e. The van der Waals surface area contributed by atoms with E-state index in [1.54, 1.807) is 39.7 Å². The molecule has 2 aromatic carbocycles. The van der Waals surface area contributed by atoms with Crippen molar-refractivity contribution < 1.29 is 19.0 Å². The van der Waals surface area contributed by atoms with Crippen LogP contribution in [0.4, 0.5) is 0 Å². The Morgan fingerprint density at radius 2 is 1.70 bits per heavy atom. The Morgan fingerprint density at radius 1 is 1.04 bits per heavy atom. The van der Waals surface area contributed by atoms with Gasteiger partial charge in [-0.3, -0.25) is 4.79 Å². The Labute approximate surface area is 157 Å². The number of hydrogen-bond donors (Lipinski definition) is 1. The van der Waals surface area contributed by atoms with E-state index in [1.807, 2.05) is 35.9 Å². The second-order valence-corrected chi connectivity index (χ2v) is 5.82. The average molecular weight is 367 g/mol. The average Bonchev–Trinajstić information content (AvgIpc) is 3.04. The highest BCUT2D eigenvalue weighted by atomic mass is 16.5. The van der Waals surface area contributed by atoms with Gasteiger partial charge in [0.15, 0.2) is 11.5 Å². The number of carbonyl (C=O) groups excluding carboxylic acids is 1. The fourth-order valence-corrected chi connectivity index (χ4v) is 2.90. The minimum Gasteiger partial charge on any atom is -0.496 e. The molecule has 3 rings (SSSR count). The van der Waals surface area contributed by atoms with Crippen molar-refractivity contribution in [2.75, 3.05) is 21.3 Å². The van der Waals surface area contributed by atoms with Crippen LogP contribution in [0.15, 0.2) is 47.7 Å². The van der Waals surface area contributed by atoms with E-state index >= 15 is 0 Å². The molecule has 0 saturated heterocycles. The predicted molar refractivity (Wildman–Crippen MR) is 104 cm³/mol. The van der Waals surface area contributed by atoms with Gasteiger partial charge in [-0.1, -0.05) is 18.2 Å². The normalized spacial score (nSPS) is 11.0. The van der Waals surface area contributed by atoms with Crippen LogP contribution in [0.1, 0.15) is 15.9 Å². The Morgan fingerprint density at radius 3 is 2.41 bits per heavy atom. The third-order valence-corrected chi connectivity index (χ3v) is 4.25. The minimum atomic E-state index is -0.289. The Balaban J connectivity index is 1.83. The standard InChI is InChI=1S/C20H21N3O4/c1-23-12-15(14-7-5-6-8-16(14)23)20(24)22-21-11-13-9-18(26-3)19(27-4)10-17(13)25-2/h5-12H,1-4H3,(H,22,24). The fourth-order valence-electron chi connectivity index (χ4n) is 2.90. The highest BCUT2D eigenvalue weighted by molar-refractivity contribution is 6.07. The summed E-state index contributed by atoms with van der Waals surface area (Å²) in [4.78, 5) is 12.5. The maximum atomic E-state index is 12.5. The van der Waals surface area contributed by atoms with E-state index in [0.29, 0.717) is 28.4 Å². The summed E-state index contributed by atoms with van der Waals surface area (Å²) in [5.74, 6) is 1.35. The lowest BCUT2D eigenvalue weighted by molar-refractivity contribution is 0.0956. The van der Waals surface area contributed by atoms with Crippen molar-refractivity contribution in [2.45, 2.75) is 0 Å². The van der Waals surface area contributed by atoms with Crippen molar-refractivity contribution >= 4 is 23.0 Å². The highest BCUT2D eigenvalue weighted by Gasteiger charge is 2.13. The molecule has 0 saturated carbocycles. The number of nitrogens with one attached hydrogen (secondary N) is 1. The van der Waals surface area contributed by atoms with Crippen molar-refractivity contribution in [3.63, 3.8) is 0 Å². The van der Waals surface area contributed by atoms with Crippen LogP contribution >= 0.6 is 0 Å². The molecule has 1 heterocycles. The Bertz CT molecular complexity index is 1010. The monoisotopic (exact) mass is 367 g/mol. The third-order valence-electron chi connectivity index (χ3n) is 4.25. The molecule has 140 valence electrons. The van der Waals surface area contributed by atoms with Gasteiger partial charge in [0.2, 0.25) is 0 Å². The van der Waals surface area contributed by atoms with Gasteiger partial charge in [0.25, 0.3) is 5.91 Å². The molecule has 0 spiro atoms. The van der Waals surface area contributed by atoms with Crippen LogP contribution < -0.4 is 19.6 Å². The lowest BCUT2D eigenvalue weighted by Crippen LogP contribution is -2.17. The summed E-state index contributed by atoms with van der Waals surface area (Å²) in [5, 5.41) is 4.93. The van der Waals surface area contributed by atoms with Gasteiger partial charge in [-0.25, -0.2) is 5.43 Å². The highest BCUT2D eigenvalue weighted by Crippen LogP contribution is 2.33. The van der Waals surface area contributed by atoms with Crippen LogP contribution in [-0.2, 0) is 7.05 Å². The fraction of sp³-hybridized carbons (Fsp3) is 0.200. The van der Waals surface area contributed by atoms with Gasteiger partial charge in [-0.15, -0.1) is 0 Å². The summed E-state index contributed by atoms with van der Waals surface area (Å²) in [5.41, 5.74) is 4.75. The molecule has 0 fully saturated rings. The number of hydrazone groups is 1. The van der Waals surface area contributed by atoms with Gasteiger partial charge >= 0.3 is 0 Å². The summed E-state index contributed by atoms with van der Waals surface area (Å²) in [6.07, 6.45) is 3.29. The van der Waals surface area contributed by atoms with Crippen LogP contribution in [0.25, 0.3) is 10.9 Å². The second-order valence-electron chi connectivity index (χ2n) is 5.82. The molecule has 1 N–H and O–H groups in total. The zero-order valence-electron chi connectivity index (χ0n) is 15.6. The van der Waals surface area contributed by atoms with E-state index < -0.39 is 0 Å². The third kappa shape index (κ3) is 3.57. The molecule has 0 aliphatic heterocycles. The molecule has 0 unspecified atom stereocenters. The van der Waals surface area contributed by atoms with Crippen molar-refractivity contribution in [2.24, 2.45) is 12.1 Å². The van der Waals surface area contributed by atoms with E-state index in [-0.39, 0.29) is 5.91 Å². The first-order chi connectivity index (χ1) is 13.1. The number of para-hydroxylation sites is 1. The quantitative estimate of drug-likeness (QED) is 0.537. The Kier molecular flexibility index (Phi) is 5.30. The number of carbonyl (C=O) groups is 1. The molecule has 3 aromatic rings. The summed E-state index contributed by atoms with van der Waals surface area (Å²) >= 11 is 0. The van der Waals surface area contributed by atoms with E-state index in [9.17, 15) is 4.79 Å². The van der Waals surface area contributed by atoms with Gasteiger partial charge in [0.05, 0.1) is 33.1 Å². The van der Waals surface area contributed by atoms with E-state index in [2.05, 4.69) is 10.5 Å². The molecule has 0 aliphatic rings. The molecule has 0 atom stereocenters. The first-order valence-electron chi connectivity index (χ1n) is 8.26. The lowest BCUT2D eigenvalue weighted by Gasteiger charge is -2.11. The summed E-state index contributed by atoms with van der Waals surface area (Å²) in [6.45, 7) is 0. The predicted octanol–water partition coefficient (Wildman–Crippen LogP) is 2.97. The van der Waals surface area contributed by atoms with Crippen LogP contribution in [0, 0.1) is 0 Å². The summed E-state index contributed by atoms with van der Waals surface area (Å²) in [6, 6.07) is 11.1. The first-order valence-corrected chi connectivity index (χ1v) is 8.26. The largest absolute Gasteiger partial charge is 0.496 e. The van der Waals surface area contributed by atoms with Crippen molar-refractivity contribution in [1.82, 2.24) is 9.99 Å². The van der Waals surface area contributed by atoms with Gasteiger partial charge in [-0.2, -0.15) is 5.10 Å². The molecule has 7 heteroatoms. The zero-order valence-corrected chi connectivity index (χ0v) is 15.6. The van der Waals surface area contributed by atoms with Crippen LogP contribution in [0.2, 0.25) is 0 Å². The van der Waals surface area contributed by atoms with Crippen LogP contribution in [0.3, 0.4) is 0 Å².